The van der Waals surface area contributed by atoms with Gasteiger partial charge in [0.2, 0.25) is 0 Å². The highest BCUT2D eigenvalue weighted by Crippen LogP contribution is 2.24. The Morgan fingerprint density at radius 3 is 2.55 bits per heavy atom. The molecule has 1 unspecified atom stereocenters. The fourth-order valence-electron chi connectivity index (χ4n) is 2.17. The molecular formula is C16H28N2O2. The maximum absolute atomic E-state index is 6.34. The lowest BCUT2D eigenvalue weighted by Crippen LogP contribution is -2.34. The van der Waals surface area contributed by atoms with Crippen LogP contribution in [0.2, 0.25) is 0 Å². The average molecular weight is 280 g/mol. The largest absolute Gasteiger partial charge is 0.494 e. The van der Waals surface area contributed by atoms with Gasteiger partial charge in [0.05, 0.1) is 13.2 Å². The van der Waals surface area contributed by atoms with Crippen LogP contribution < -0.4 is 10.5 Å². The molecule has 0 aromatic heterocycles. The summed E-state index contributed by atoms with van der Waals surface area (Å²) in [7, 11) is 0. The van der Waals surface area contributed by atoms with E-state index >= 15 is 0 Å². The van der Waals surface area contributed by atoms with Gasteiger partial charge in [-0.25, -0.2) is 0 Å². The van der Waals surface area contributed by atoms with Crippen molar-refractivity contribution < 1.29 is 9.47 Å². The lowest BCUT2D eigenvalue weighted by molar-refractivity contribution is 0.113. The molecule has 1 aromatic carbocycles. The first-order valence-electron chi connectivity index (χ1n) is 7.50. The quantitative estimate of drug-likeness (QED) is 0.669. The summed E-state index contributed by atoms with van der Waals surface area (Å²) >= 11 is 0. The molecule has 0 bridgehead atoms. The van der Waals surface area contributed by atoms with Gasteiger partial charge in [0.25, 0.3) is 0 Å². The second-order valence-electron chi connectivity index (χ2n) is 4.67. The van der Waals surface area contributed by atoms with E-state index < -0.39 is 0 Å². The Morgan fingerprint density at radius 1 is 1.15 bits per heavy atom. The molecule has 114 valence electrons. The zero-order valence-corrected chi connectivity index (χ0v) is 13.0. The second-order valence-corrected chi connectivity index (χ2v) is 4.67. The zero-order valence-electron chi connectivity index (χ0n) is 13.0. The van der Waals surface area contributed by atoms with Gasteiger partial charge in [-0.05, 0) is 26.5 Å². The minimum atomic E-state index is -0.0423. The molecule has 0 heterocycles. The van der Waals surface area contributed by atoms with Crippen LogP contribution in [0, 0.1) is 0 Å². The third-order valence-corrected chi connectivity index (χ3v) is 3.28. The molecule has 0 radical (unpaired) electrons. The van der Waals surface area contributed by atoms with Crippen LogP contribution >= 0.6 is 0 Å². The van der Waals surface area contributed by atoms with E-state index in [1.54, 1.807) is 0 Å². The molecule has 0 spiro atoms. The van der Waals surface area contributed by atoms with Crippen molar-refractivity contribution in [1.82, 2.24) is 4.90 Å². The molecule has 0 aliphatic carbocycles. The summed E-state index contributed by atoms with van der Waals surface area (Å²) < 4.78 is 11.1. The molecule has 20 heavy (non-hydrogen) atoms. The van der Waals surface area contributed by atoms with E-state index in [0.29, 0.717) is 6.61 Å². The molecule has 0 aliphatic heterocycles. The molecule has 0 fully saturated rings. The summed E-state index contributed by atoms with van der Waals surface area (Å²) in [5.41, 5.74) is 7.42. The van der Waals surface area contributed by atoms with E-state index in [1.807, 2.05) is 38.1 Å². The number of likely N-dealkylation sites (N-methyl/N-ethyl adjacent to an activating group) is 1. The Labute approximate surface area is 122 Å². The van der Waals surface area contributed by atoms with Crippen LogP contribution in [0.3, 0.4) is 0 Å². The van der Waals surface area contributed by atoms with Crippen LogP contribution in [-0.2, 0) is 4.74 Å². The number of nitrogens with two attached hydrogens (primary N) is 1. The minimum absolute atomic E-state index is 0.0423. The first kappa shape index (κ1) is 17.0. The first-order chi connectivity index (χ1) is 9.72. The van der Waals surface area contributed by atoms with Crippen LogP contribution in [0.15, 0.2) is 24.3 Å². The van der Waals surface area contributed by atoms with E-state index in [1.165, 1.54) is 0 Å². The molecule has 0 saturated carbocycles. The van der Waals surface area contributed by atoms with Gasteiger partial charge < -0.3 is 15.2 Å². The van der Waals surface area contributed by atoms with Crippen molar-refractivity contribution in [3.63, 3.8) is 0 Å². The second kappa shape index (κ2) is 9.75. The smallest absolute Gasteiger partial charge is 0.124 e. The summed E-state index contributed by atoms with van der Waals surface area (Å²) in [5.74, 6) is 0.892. The number of para-hydroxylation sites is 1. The van der Waals surface area contributed by atoms with Gasteiger partial charge in [-0.1, -0.05) is 25.1 Å². The molecular weight excluding hydrogens is 252 g/mol. The highest BCUT2D eigenvalue weighted by Gasteiger charge is 2.14. The zero-order chi connectivity index (χ0) is 14.8. The molecule has 4 nitrogen and oxygen atoms in total. The lowest BCUT2D eigenvalue weighted by atomic mass is 10.1. The highest BCUT2D eigenvalue weighted by atomic mass is 16.5. The maximum atomic E-state index is 6.34. The van der Waals surface area contributed by atoms with Crippen LogP contribution in [0.4, 0.5) is 0 Å². The fourth-order valence-corrected chi connectivity index (χ4v) is 2.17. The third kappa shape index (κ3) is 5.49. The number of benzene rings is 1. The Balaban J connectivity index is 2.61. The molecule has 0 aliphatic rings. The van der Waals surface area contributed by atoms with E-state index in [4.69, 9.17) is 15.2 Å². The topological polar surface area (TPSA) is 47.7 Å². The molecule has 1 atom stereocenters. The first-order valence-corrected chi connectivity index (χ1v) is 7.50. The molecule has 1 rings (SSSR count). The molecule has 4 heteroatoms. The summed E-state index contributed by atoms with van der Waals surface area (Å²) in [6.07, 6.45) is 0. The van der Waals surface area contributed by atoms with Crippen molar-refractivity contribution in [3.8, 4) is 5.75 Å². The van der Waals surface area contributed by atoms with Crippen LogP contribution in [0.25, 0.3) is 0 Å². The van der Waals surface area contributed by atoms with Gasteiger partial charge in [0, 0.05) is 31.3 Å². The van der Waals surface area contributed by atoms with Crippen molar-refractivity contribution in [1.29, 1.82) is 0 Å². The number of ether oxygens (including phenoxy) is 2. The predicted octanol–water partition coefficient (Wildman–Crippen LogP) is 2.44. The van der Waals surface area contributed by atoms with Crippen molar-refractivity contribution in [3.05, 3.63) is 29.8 Å². The van der Waals surface area contributed by atoms with Crippen molar-refractivity contribution in [2.24, 2.45) is 5.73 Å². The Morgan fingerprint density at radius 2 is 1.90 bits per heavy atom. The predicted molar refractivity (Wildman–Crippen MR) is 83.1 cm³/mol. The van der Waals surface area contributed by atoms with Crippen LogP contribution in [0.1, 0.15) is 32.4 Å². The minimum Gasteiger partial charge on any atom is -0.494 e. The maximum Gasteiger partial charge on any atom is 0.124 e. The molecule has 0 amide bonds. The van der Waals surface area contributed by atoms with Gasteiger partial charge >= 0.3 is 0 Å². The van der Waals surface area contributed by atoms with Crippen molar-refractivity contribution in [2.75, 3.05) is 39.5 Å². The number of rotatable bonds is 10. The van der Waals surface area contributed by atoms with E-state index in [2.05, 4.69) is 11.8 Å². The van der Waals surface area contributed by atoms with E-state index in [0.717, 1.165) is 44.2 Å². The van der Waals surface area contributed by atoms with Gasteiger partial charge in [0.15, 0.2) is 0 Å². The standard InChI is InChI=1S/C16H28N2O2/c1-4-18(11-12-19-5-2)13-15(17)14-9-7-8-10-16(14)20-6-3/h7-10,15H,4-6,11-13,17H2,1-3H3. The van der Waals surface area contributed by atoms with Crippen molar-refractivity contribution in [2.45, 2.75) is 26.8 Å². The molecule has 0 saturated heterocycles. The van der Waals surface area contributed by atoms with E-state index in [9.17, 15) is 0 Å². The number of hydrogen-bond donors (Lipinski definition) is 1. The normalized spacial score (nSPS) is 12.7. The molecule has 1 aromatic rings. The third-order valence-electron chi connectivity index (χ3n) is 3.28. The summed E-state index contributed by atoms with van der Waals surface area (Å²) in [4.78, 5) is 2.31. The van der Waals surface area contributed by atoms with Gasteiger partial charge in [-0.2, -0.15) is 0 Å². The van der Waals surface area contributed by atoms with Gasteiger partial charge in [0.1, 0.15) is 5.75 Å². The van der Waals surface area contributed by atoms with Crippen molar-refractivity contribution >= 4 is 0 Å². The van der Waals surface area contributed by atoms with Gasteiger partial charge in [-0.15, -0.1) is 0 Å². The average Bonchev–Trinajstić information content (AvgIpc) is 2.47. The van der Waals surface area contributed by atoms with Crippen LogP contribution in [-0.4, -0.2) is 44.4 Å². The Bertz CT molecular complexity index is 371. The lowest BCUT2D eigenvalue weighted by Gasteiger charge is -2.25. The molecule has 2 N–H and O–H groups in total. The summed E-state index contributed by atoms with van der Waals surface area (Å²) in [5, 5.41) is 0. The number of hydrogen-bond acceptors (Lipinski definition) is 4. The Kier molecular flexibility index (Phi) is 8.26. The Hall–Kier alpha value is -1.10. The highest BCUT2D eigenvalue weighted by molar-refractivity contribution is 5.35. The SMILES string of the molecule is CCOCCN(CC)CC(N)c1ccccc1OCC. The number of nitrogens with zero attached hydrogens (tertiary/aromatic N) is 1. The summed E-state index contributed by atoms with van der Waals surface area (Å²) in [6.45, 7) is 11.0. The monoisotopic (exact) mass is 280 g/mol. The van der Waals surface area contributed by atoms with Gasteiger partial charge in [-0.3, -0.25) is 4.90 Å². The summed E-state index contributed by atoms with van der Waals surface area (Å²) in [6, 6.07) is 7.97. The van der Waals surface area contributed by atoms with E-state index in [-0.39, 0.29) is 6.04 Å². The fraction of sp³-hybridized carbons (Fsp3) is 0.625. The van der Waals surface area contributed by atoms with Crippen LogP contribution in [0.5, 0.6) is 5.75 Å².